The van der Waals surface area contributed by atoms with E-state index in [-0.39, 0.29) is 11.7 Å². The largest absolute Gasteiger partial charge is 0.334 e. The van der Waals surface area contributed by atoms with Crippen molar-refractivity contribution >= 4 is 23.7 Å². The molecule has 0 unspecified atom stereocenters. The summed E-state index contributed by atoms with van der Waals surface area (Å²) in [5.41, 5.74) is 0. The number of amides is 3. The van der Waals surface area contributed by atoms with Gasteiger partial charge in [0.25, 0.3) is 0 Å². The molecule has 1 fully saturated rings. The third-order valence-corrected chi connectivity index (χ3v) is 3.43. The maximum Gasteiger partial charge on any atom is 0.321 e. The predicted molar refractivity (Wildman–Crippen MR) is 70.8 cm³/mol. The predicted octanol–water partition coefficient (Wildman–Crippen LogP) is 0.717. The van der Waals surface area contributed by atoms with Gasteiger partial charge in [-0.15, -0.1) is 16.8 Å². The first kappa shape index (κ1) is 13.6. The molecule has 1 heterocycles. The van der Waals surface area contributed by atoms with E-state index in [9.17, 15) is 9.59 Å². The van der Waals surface area contributed by atoms with Gasteiger partial charge in [-0.05, 0) is 12.8 Å². The molecule has 7 nitrogen and oxygen atoms in total. The summed E-state index contributed by atoms with van der Waals surface area (Å²) < 4.78 is 1.97. The van der Waals surface area contributed by atoms with Crippen molar-refractivity contribution in [2.24, 2.45) is 0 Å². The SMILES string of the molecule is C=CCNC(=O)NC(=O)CSc1nncn1C1CC1. The number of aromatic nitrogens is 3. The van der Waals surface area contributed by atoms with Crippen molar-refractivity contribution in [1.82, 2.24) is 25.4 Å². The summed E-state index contributed by atoms with van der Waals surface area (Å²) in [7, 11) is 0. The van der Waals surface area contributed by atoms with Crippen LogP contribution in [0.25, 0.3) is 0 Å². The van der Waals surface area contributed by atoms with Crippen molar-refractivity contribution in [1.29, 1.82) is 0 Å². The molecule has 0 atom stereocenters. The molecule has 2 rings (SSSR count). The number of imide groups is 1. The van der Waals surface area contributed by atoms with E-state index in [1.807, 2.05) is 4.57 Å². The summed E-state index contributed by atoms with van der Waals surface area (Å²) in [6, 6.07) is -0.0504. The molecule has 0 saturated heterocycles. The van der Waals surface area contributed by atoms with E-state index in [4.69, 9.17) is 0 Å². The van der Waals surface area contributed by atoms with Crippen molar-refractivity contribution in [2.45, 2.75) is 24.0 Å². The summed E-state index contributed by atoms with van der Waals surface area (Å²) >= 11 is 1.27. The first-order valence-electron chi connectivity index (χ1n) is 5.91. The maximum absolute atomic E-state index is 11.5. The third-order valence-electron chi connectivity index (χ3n) is 2.47. The highest BCUT2D eigenvalue weighted by Gasteiger charge is 2.26. The van der Waals surface area contributed by atoms with Crippen LogP contribution in [0.1, 0.15) is 18.9 Å². The molecule has 0 bridgehead atoms. The molecule has 3 amide bonds. The molecule has 2 N–H and O–H groups in total. The van der Waals surface area contributed by atoms with Gasteiger partial charge in [-0.25, -0.2) is 4.79 Å². The normalized spacial score (nSPS) is 13.9. The Bertz CT molecular complexity index is 483. The summed E-state index contributed by atoms with van der Waals surface area (Å²) in [5, 5.41) is 13.2. The van der Waals surface area contributed by atoms with Crippen molar-refractivity contribution in [3.63, 3.8) is 0 Å². The number of urea groups is 1. The van der Waals surface area contributed by atoms with Crippen LogP contribution in [0.15, 0.2) is 24.1 Å². The Kier molecular flexibility index (Phi) is 4.56. The Morgan fingerprint density at radius 2 is 2.37 bits per heavy atom. The Morgan fingerprint density at radius 3 is 3.05 bits per heavy atom. The lowest BCUT2D eigenvalue weighted by atomic mass is 10.6. The molecule has 0 radical (unpaired) electrons. The number of hydrogen-bond acceptors (Lipinski definition) is 5. The molecule has 8 heteroatoms. The van der Waals surface area contributed by atoms with Crippen LogP contribution in [0.4, 0.5) is 4.79 Å². The maximum atomic E-state index is 11.5. The molecule has 19 heavy (non-hydrogen) atoms. The fourth-order valence-corrected chi connectivity index (χ4v) is 2.22. The van der Waals surface area contributed by atoms with Gasteiger partial charge in [0, 0.05) is 12.6 Å². The highest BCUT2D eigenvalue weighted by Crippen LogP contribution is 2.37. The summed E-state index contributed by atoms with van der Waals surface area (Å²) in [6.07, 6.45) is 5.47. The van der Waals surface area contributed by atoms with Gasteiger partial charge in [-0.1, -0.05) is 17.8 Å². The van der Waals surface area contributed by atoms with E-state index >= 15 is 0 Å². The summed E-state index contributed by atoms with van der Waals surface area (Å²) in [4.78, 5) is 22.8. The number of hydrogen-bond donors (Lipinski definition) is 2. The first-order chi connectivity index (χ1) is 9.20. The summed E-state index contributed by atoms with van der Waals surface area (Å²) in [5.74, 6) is -0.232. The van der Waals surface area contributed by atoms with E-state index in [0.717, 1.165) is 12.8 Å². The minimum Gasteiger partial charge on any atom is -0.334 e. The van der Waals surface area contributed by atoms with Gasteiger partial charge in [-0.3, -0.25) is 10.1 Å². The van der Waals surface area contributed by atoms with E-state index in [0.29, 0.717) is 17.7 Å². The second kappa shape index (κ2) is 6.37. The Labute approximate surface area is 114 Å². The van der Waals surface area contributed by atoms with Gasteiger partial charge in [-0.2, -0.15) is 0 Å². The molecule has 0 aromatic carbocycles. The second-order valence-corrected chi connectivity index (χ2v) is 5.03. The number of carbonyl (C=O) groups excluding carboxylic acids is 2. The average Bonchev–Trinajstić information content (AvgIpc) is 3.13. The Hall–Kier alpha value is -1.83. The van der Waals surface area contributed by atoms with Crippen LogP contribution in [0, 0.1) is 0 Å². The summed E-state index contributed by atoms with van der Waals surface area (Å²) in [6.45, 7) is 3.79. The van der Waals surface area contributed by atoms with Crippen LogP contribution in [-0.2, 0) is 4.79 Å². The van der Waals surface area contributed by atoms with Crippen molar-refractivity contribution in [3.05, 3.63) is 19.0 Å². The lowest BCUT2D eigenvalue weighted by Crippen LogP contribution is -2.40. The van der Waals surface area contributed by atoms with E-state index < -0.39 is 6.03 Å². The second-order valence-electron chi connectivity index (χ2n) is 4.09. The Balaban J connectivity index is 1.75. The number of carbonyl (C=O) groups is 2. The molecule has 0 spiro atoms. The molecule has 1 aliphatic rings. The van der Waals surface area contributed by atoms with Crippen LogP contribution >= 0.6 is 11.8 Å². The molecular weight excluding hydrogens is 266 g/mol. The quantitative estimate of drug-likeness (QED) is 0.592. The smallest absolute Gasteiger partial charge is 0.321 e. The van der Waals surface area contributed by atoms with Gasteiger partial charge in [0.1, 0.15) is 6.33 Å². The number of rotatable bonds is 6. The zero-order valence-electron chi connectivity index (χ0n) is 10.3. The lowest BCUT2D eigenvalue weighted by Gasteiger charge is -2.05. The van der Waals surface area contributed by atoms with Crippen LogP contribution in [0.2, 0.25) is 0 Å². The number of nitrogens with zero attached hydrogens (tertiary/aromatic N) is 3. The lowest BCUT2D eigenvalue weighted by molar-refractivity contribution is -0.117. The average molecular weight is 281 g/mol. The number of nitrogens with one attached hydrogen (secondary N) is 2. The van der Waals surface area contributed by atoms with Crippen LogP contribution in [-0.4, -0.2) is 39.0 Å². The zero-order valence-corrected chi connectivity index (χ0v) is 11.2. The van der Waals surface area contributed by atoms with E-state index in [1.54, 1.807) is 6.33 Å². The topological polar surface area (TPSA) is 88.9 Å². The fourth-order valence-electron chi connectivity index (χ4n) is 1.44. The molecule has 1 aromatic heterocycles. The monoisotopic (exact) mass is 281 g/mol. The first-order valence-corrected chi connectivity index (χ1v) is 6.90. The Morgan fingerprint density at radius 1 is 1.58 bits per heavy atom. The van der Waals surface area contributed by atoms with Crippen LogP contribution in [0.5, 0.6) is 0 Å². The van der Waals surface area contributed by atoms with Gasteiger partial charge in [0.05, 0.1) is 5.75 Å². The van der Waals surface area contributed by atoms with Gasteiger partial charge < -0.3 is 9.88 Å². The zero-order chi connectivity index (χ0) is 13.7. The van der Waals surface area contributed by atoms with Crippen molar-refractivity contribution in [3.8, 4) is 0 Å². The standard InChI is InChI=1S/C11H15N5O2S/c1-2-5-12-10(18)14-9(17)6-19-11-15-13-7-16(11)8-3-4-8/h2,7-8H,1,3-6H2,(H2,12,14,17,18). The van der Waals surface area contributed by atoms with E-state index in [2.05, 4.69) is 27.4 Å². The minimum absolute atomic E-state index is 0.132. The van der Waals surface area contributed by atoms with Crippen LogP contribution < -0.4 is 10.6 Å². The highest BCUT2D eigenvalue weighted by molar-refractivity contribution is 7.99. The fraction of sp³-hybridized carbons (Fsp3) is 0.455. The van der Waals surface area contributed by atoms with Gasteiger partial charge in [0.15, 0.2) is 5.16 Å². The molecule has 1 aliphatic carbocycles. The molecule has 1 aromatic rings. The third kappa shape index (κ3) is 4.09. The number of thioether (sulfide) groups is 1. The van der Waals surface area contributed by atoms with Crippen LogP contribution in [0.3, 0.4) is 0 Å². The van der Waals surface area contributed by atoms with E-state index in [1.165, 1.54) is 17.8 Å². The molecule has 0 aliphatic heterocycles. The van der Waals surface area contributed by atoms with Crippen molar-refractivity contribution in [2.75, 3.05) is 12.3 Å². The molecule has 102 valence electrons. The van der Waals surface area contributed by atoms with Gasteiger partial charge in [0.2, 0.25) is 5.91 Å². The minimum atomic E-state index is -0.519. The van der Waals surface area contributed by atoms with Crippen molar-refractivity contribution < 1.29 is 9.59 Å². The molecule has 1 saturated carbocycles. The molecular formula is C11H15N5O2S. The highest BCUT2D eigenvalue weighted by atomic mass is 32.2. The van der Waals surface area contributed by atoms with Gasteiger partial charge >= 0.3 is 6.03 Å².